The molecule has 2 unspecified atom stereocenters. The number of para-hydroxylation sites is 1. The average molecular weight is 435 g/mol. The van der Waals surface area contributed by atoms with Crippen molar-refractivity contribution in [3.63, 3.8) is 0 Å². The topological polar surface area (TPSA) is 45.5 Å². The van der Waals surface area contributed by atoms with Gasteiger partial charge in [-0.2, -0.15) is 5.26 Å². The van der Waals surface area contributed by atoms with Gasteiger partial charge in [0.25, 0.3) is 0 Å². The van der Waals surface area contributed by atoms with Crippen molar-refractivity contribution in [2.24, 2.45) is 11.8 Å². The van der Waals surface area contributed by atoms with Crippen LogP contribution in [0.25, 0.3) is 0 Å². The minimum Gasteiger partial charge on any atom is -0.451 e. The second-order valence-electron chi connectivity index (χ2n) is 8.68. The Morgan fingerprint density at radius 2 is 1.81 bits per heavy atom. The second kappa shape index (κ2) is 9.80. The van der Waals surface area contributed by atoms with Crippen molar-refractivity contribution < 1.29 is 9.47 Å². The molecule has 0 N–H and O–H groups in total. The minimum atomic E-state index is -0.153. The molecule has 2 aromatic rings. The number of hydrogen-bond donors (Lipinski definition) is 0. The van der Waals surface area contributed by atoms with Gasteiger partial charge in [0, 0.05) is 30.2 Å². The van der Waals surface area contributed by atoms with Crippen LogP contribution in [0.5, 0.6) is 5.75 Å². The number of ether oxygens (including phenoxy) is 2. The van der Waals surface area contributed by atoms with E-state index in [-0.39, 0.29) is 35.3 Å². The Kier molecular flexibility index (Phi) is 6.89. The highest BCUT2D eigenvalue weighted by Crippen LogP contribution is 2.51. The van der Waals surface area contributed by atoms with Gasteiger partial charge in [0.15, 0.2) is 0 Å². The summed E-state index contributed by atoms with van der Waals surface area (Å²) in [5.74, 6) is 1.20. The van der Waals surface area contributed by atoms with Crippen molar-refractivity contribution >= 4 is 17.5 Å². The molecule has 2 heterocycles. The van der Waals surface area contributed by atoms with Crippen molar-refractivity contribution in [1.29, 1.82) is 5.26 Å². The van der Waals surface area contributed by atoms with E-state index in [0.29, 0.717) is 11.7 Å². The number of nitriles is 1. The summed E-state index contributed by atoms with van der Waals surface area (Å²) in [6.45, 7) is 2.22. The van der Waals surface area contributed by atoms with E-state index in [4.69, 9.17) is 21.7 Å². The van der Waals surface area contributed by atoms with Crippen LogP contribution in [0.3, 0.4) is 0 Å². The first-order valence-electron chi connectivity index (χ1n) is 11.2. The molecule has 6 atom stereocenters. The van der Waals surface area contributed by atoms with E-state index < -0.39 is 0 Å². The number of fused-ring (bicyclic) bond motifs is 2. The predicted octanol–water partition coefficient (Wildman–Crippen LogP) is 5.55. The summed E-state index contributed by atoms with van der Waals surface area (Å²) in [7, 11) is 2.14. The van der Waals surface area contributed by atoms with Gasteiger partial charge in [-0.05, 0) is 43.5 Å². The highest BCUT2D eigenvalue weighted by molar-refractivity contribution is 7.79. The molecule has 0 amide bonds. The molecule has 5 heteroatoms. The number of rotatable bonds is 6. The fourth-order valence-corrected chi connectivity index (χ4v) is 5.84. The first-order valence-corrected chi connectivity index (χ1v) is 11.6. The molecule has 0 saturated carbocycles. The molecule has 0 aliphatic carbocycles. The third kappa shape index (κ3) is 4.46. The molecule has 2 aliphatic rings. The van der Waals surface area contributed by atoms with E-state index in [1.165, 1.54) is 5.56 Å². The summed E-state index contributed by atoms with van der Waals surface area (Å²) in [4.78, 5) is 2.38. The lowest BCUT2D eigenvalue weighted by Gasteiger charge is -2.48. The lowest BCUT2D eigenvalue weighted by molar-refractivity contribution is -0.0266. The zero-order valence-electron chi connectivity index (χ0n) is 18.2. The SMILES string of the molecule is CCCC[C@H]1C2[C@@H](C#N)CC([C@H](OC(=S)Oc3ccccc3)[C@@H]1c1ccccc1)N2C. The molecule has 2 bridgehead atoms. The van der Waals surface area contributed by atoms with Crippen molar-refractivity contribution in [2.75, 3.05) is 7.05 Å². The number of piperidine rings is 1. The summed E-state index contributed by atoms with van der Waals surface area (Å²) in [5.41, 5.74) is 1.26. The number of benzene rings is 2. The first kappa shape index (κ1) is 21.8. The Labute approximate surface area is 190 Å². The van der Waals surface area contributed by atoms with Crippen LogP contribution in [0, 0.1) is 23.2 Å². The smallest absolute Gasteiger partial charge is 0.358 e. The maximum Gasteiger partial charge on any atom is 0.358 e. The first-order chi connectivity index (χ1) is 15.1. The highest BCUT2D eigenvalue weighted by atomic mass is 32.1. The van der Waals surface area contributed by atoms with Crippen LogP contribution in [0.15, 0.2) is 60.7 Å². The average Bonchev–Trinajstić information content (AvgIpc) is 3.05. The largest absolute Gasteiger partial charge is 0.451 e. The molecule has 2 saturated heterocycles. The Balaban J connectivity index is 1.67. The van der Waals surface area contributed by atoms with Crippen molar-refractivity contribution in [2.45, 2.75) is 56.7 Å². The van der Waals surface area contributed by atoms with Gasteiger partial charge in [-0.15, -0.1) is 0 Å². The summed E-state index contributed by atoms with van der Waals surface area (Å²) < 4.78 is 12.3. The third-order valence-corrected chi connectivity index (χ3v) is 7.13. The Hall–Kier alpha value is -2.42. The lowest BCUT2D eigenvalue weighted by atomic mass is 9.71. The van der Waals surface area contributed by atoms with Crippen LogP contribution in [-0.2, 0) is 4.74 Å². The molecule has 0 spiro atoms. The van der Waals surface area contributed by atoms with Crippen LogP contribution < -0.4 is 4.74 Å². The monoisotopic (exact) mass is 434 g/mol. The maximum atomic E-state index is 9.93. The number of nitrogens with zero attached hydrogens (tertiary/aromatic N) is 2. The number of hydrogen-bond acceptors (Lipinski definition) is 5. The highest BCUT2D eigenvalue weighted by Gasteiger charge is 2.57. The Morgan fingerprint density at radius 3 is 2.45 bits per heavy atom. The van der Waals surface area contributed by atoms with Gasteiger partial charge in [-0.3, -0.25) is 4.90 Å². The van der Waals surface area contributed by atoms with Crippen LogP contribution in [0.4, 0.5) is 0 Å². The quantitative estimate of drug-likeness (QED) is 0.558. The standard InChI is InChI=1S/C26H30N2O2S/c1-3-4-15-21-23(18-11-7-5-8-12-18)25(22-16-19(17-27)24(21)28(22)2)30-26(31)29-20-13-9-6-10-14-20/h5-14,19,21-25H,3-4,15-16H2,1-2H3/t19-,21-,22?,23-,24?,25+/m1/s1. The van der Waals surface area contributed by atoms with E-state index in [1.807, 2.05) is 36.4 Å². The summed E-state index contributed by atoms with van der Waals surface area (Å²) >= 11 is 5.53. The lowest BCUT2D eigenvalue weighted by Crippen LogP contribution is -2.56. The fraction of sp³-hybridized carbons (Fsp3) is 0.462. The summed E-state index contributed by atoms with van der Waals surface area (Å²) in [6, 6.07) is 23.1. The Bertz CT molecular complexity index is 914. The molecule has 4 rings (SSSR count). The predicted molar refractivity (Wildman–Crippen MR) is 126 cm³/mol. The van der Waals surface area contributed by atoms with E-state index in [1.54, 1.807) is 0 Å². The molecular weight excluding hydrogens is 404 g/mol. The minimum absolute atomic E-state index is 0.0141. The van der Waals surface area contributed by atoms with E-state index in [0.717, 1.165) is 25.7 Å². The molecule has 0 radical (unpaired) electrons. The van der Waals surface area contributed by atoms with Crippen molar-refractivity contribution in [3.8, 4) is 11.8 Å². The molecule has 31 heavy (non-hydrogen) atoms. The van der Waals surface area contributed by atoms with Gasteiger partial charge in [-0.1, -0.05) is 68.3 Å². The second-order valence-corrected chi connectivity index (χ2v) is 9.02. The summed E-state index contributed by atoms with van der Waals surface area (Å²) in [5, 5.41) is 10.1. The van der Waals surface area contributed by atoms with Gasteiger partial charge >= 0.3 is 5.24 Å². The molecule has 162 valence electrons. The zero-order chi connectivity index (χ0) is 21.8. The van der Waals surface area contributed by atoms with Crippen molar-refractivity contribution in [1.82, 2.24) is 4.90 Å². The number of thiocarbonyl (C=S) groups is 1. The van der Waals surface area contributed by atoms with Crippen LogP contribution in [0.2, 0.25) is 0 Å². The maximum absolute atomic E-state index is 9.93. The molecular formula is C26H30N2O2S. The van der Waals surface area contributed by atoms with E-state index in [9.17, 15) is 5.26 Å². The zero-order valence-corrected chi connectivity index (χ0v) is 19.0. The molecule has 2 aliphatic heterocycles. The van der Waals surface area contributed by atoms with Gasteiger partial charge in [0.1, 0.15) is 11.9 Å². The fourth-order valence-electron chi connectivity index (χ4n) is 5.64. The summed E-state index contributed by atoms with van der Waals surface area (Å²) in [6.07, 6.45) is 4.00. The van der Waals surface area contributed by atoms with Gasteiger partial charge in [0.2, 0.25) is 0 Å². The van der Waals surface area contributed by atoms with Gasteiger partial charge < -0.3 is 9.47 Å². The van der Waals surface area contributed by atoms with E-state index in [2.05, 4.69) is 49.2 Å². The Morgan fingerprint density at radius 1 is 1.13 bits per heavy atom. The number of likely N-dealkylation sites (N-methyl/N-ethyl adjacent to an activating group) is 1. The molecule has 4 nitrogen and oxygen atoms in total. The molecule has 2 fully saturated rings. The van der Waals surface area contributed by atoms with Gasteiger partial charge in [-0.25, -0.2) is 0 Å². The van der Waals surface area contributed by atoms with Crippen LogP contribution >= 0.6 is 12.2 Å². The van der Waals surface area contributed by atoms with Gasteiger partial charge in [0.05, 0.1) is 12.0 Å². The van der Waals surface area contributed by atoms with Crippen LogP contribution in [0.1, 0.15) is 44.1 Å². The molecule has 2 aromatic carbocycles. The van der Waals surface area contributed by atoms with E-state index >= 15 is 0 Å². The number of unbranched alkanes of at least 4 members (excludes halogenated alkanes) is 1. The third-order valence-electron chi connectivity index (χ3n) is 6.95. The van der Waals surface area contributed by atoms with Crippen LogP contribution in [-0.4, -0.2) is 35.4 Å². The molecule has 0 aromatic heterocycles. The van der Waals surface area contributed by atoms with Crippen molar-refractivity contribution in [3.05, 3.63) is 66.2 Å². The normalized spacial score (nSPS) is 29.8.